The van der Waals surface area contributed by atoms with Gasteiger partial charge < -0.3 is 9.80 Å². The van der Waals surface area contributed by atoms with Crippen LogP contribution in [0.25, 0.3) is 38.8 Å². The van der Waals surface area contributed by atoms with E-state index >= 15 is 0 Å². The topological polar surface area (TPSA) is 24.3 Å². The first-order valence-corrected chi connectivity index (χ1v) is 25.7. The molecule has 3 heterocycles. The number of hydrogen-bond donors (Lipinski definition) is 0. The van der Waals surface area contributed by atoms with Gasteiger partial charge in [-0.2, -0.15) is 0 Å². The summed E-state index contributed by atoms with van der Waals surface area (Å²) in [5.41, 5.74) is 20.3. The fraction of sp³-hybridized carbons (Fsp3) is 0.132. The largest absolute Gasteiger partial charge is 0.321 e. The predicted molar refractivity (Wildman–Crippen MR) is 310 cm³/mol. The first-order valence-electron chi connectivity index (χ1n) is 25.7. The average Bonchev–Trinajstić information content (AvgIpc) is 3.97. The van der Waals surface area contributed by atoms with E-state index in [-0.39, 0.29) is 17.5 Å². The summed E-state index contributed by atoms with van der Waals surface area (Å²) in [5, 5.41) is 2.42. The van der Waals surface area contributed by atoms with Crippen LogP contribution < -0.4 is 26.2 Å². The molecule has 1 aliphatic heterocycles. The highest BCUT2D eigenvalue weighted by molar-refractivity contribution is 6.95. The Balaban J connectivity index is 1.05. The number of fused-ring (bicyclic) bond motifs is 4. The molecule has 0 saturated heterocycles. The van der Waals surface area contributed by atoms with Crippen LogP contribution in [0.2, 0.25) is 0 Å². The second-order valence-corrected chi connectivity index (χ2v) is 21.0. The first-order chi connectivity index (χ1) is 35.5. The number of nitrogens with zero attached hydrogens (tertiary/aromatic N) is 4. The van der Waals surface area contributed by atoms with Crippen LogP contribution in [-0.2, 0) is 10.8 Å². The summed E-state index contributed by atoms with van der Waals surface area (Å²) in [6.07, 6.45) is 1.89. The van der Waals surface area contributed by atoms with Crippen molar-refractivity contribution in [2.24, 2.45) is 0 Å². The highest BCUT2D eigenvalue weighted by Gasteiger charge is 2.35. The highest BCUT2D eigenvalue weighted by atomic mass is 15.4. The van der Waals surface area contributed by atoms with Crippen LogP contribution >= 0.6 is 0 Å². The molecule has 12 rings (SSSR count). The van der Waals surface area contributed by atoms with Crippen LogP contribution in [0.4, 0.5) is 22.7 Å². The average molecular weight is 943 g/mol. The third kappa shape index (κ3) is 8.19. The number of aryl methyl sites for hydroxylation is 2. The van der Waals surface area contributed by atoms with Gasteiger partial charge in [-0.25, -0.2) is 4.98 Å². The molecule has 0 fully saturated rings. The van der Waals surface area contributed by atoms with Gasteiger partial charge in [-0.3, -0.25) is 4.57 Å². The Morgan fingerprint density at radius 3 is 1.53 bits per heavy atom. The van der Waals surface area contributed by atoms with Gasteiger partial charge in [-0.15, -0.1) is 0 Å². The summed E-state index contributed by atoms with van der Waals surface area (Å²) in [5.74, 6) is 0.906. The van der Waals surface area contributed by atoms with Crippen LogP contribution in [0.5, 0.6) is 0 Å². The predicted octanol–water partition coefficient (Wildman–Crippen LogP) is 14.9. The fourth-order valence-corrected chi connectivity index (χ4v) is 11.4. The van der Waals surface area contributed by atoms with Crippen molar-refractivity contribution < 1.29 is 0 Å². The van der Waals surface area contributed by atoms with Crippen molar-refractivity contribution >= 4 is 67.7 Å². The molecule has 4 nitrogen and oxygen atoms in total. The number of aromatic nitrogens is 2. The van der Waals surface area contributed by atoms with Crippen molar-refractivity contribution in [3.8, 4) is 16.9 Å². The summed E-state index contributed by atoms with van der Waals surface area (Å²) in [4.78, 5) is 10.0. The van der Waals surface area contributed by atoms with E-state index in [2.05, 4.69) is 280 Å². The summed E-state index contributed by atoms with van der Waals surface area (Å²) in [6, 6.07) is 85.3. The Morgan fingerprint density at radius 1 is 0.397 bits per heavy atom. The lowest BCUT2D eigenvalue weighted by Crippen LogP contribution is -2.52. The van der Waals surface area contributed by atoms with E-state index in [0.29, 0.717) is 6.67 Å². The Kier molecular flexibility index (Phi) is 11.5. The monoisotopic (exact) mass is 942 g/mol. The van der Waals surface area contributed by atoms with Crippen LogP contribution in [0.1, 0.15) is 61.1 Å². The molecular weight excluding hydrogens is 884 g/mol. The zero-order valence-electron chi connectivity index (χ0n) is 42.6. The lowest BCUT2D eigenvalue weighted by molar-refractivity contribution is 0.617. The maximum absolute atomic E-state index is 4.89. The zero-order chi connectivity index (χ0) is 49.8. The van der Waals surface area contributed by atoms with Crippen LogP contribution in [-0.4, -0.2) is 22.9 Å². The van der Waals surface area contributed by atoms with Crippen LogP contribution in [0.15, 0.2) is 237 Å². The van der Waals surface area contributed by atoms with Crippen LogP contribution in [0.3, 0.4) is 0 Å². The Labute approximate surface area is 431 Å². The lowest BCUT2D eigenvalue weighted by atomic mass is 9.36. The SMILES string of the molecule is Cc1cc2c(cc1C)N(c1cc(C(C)(C)c3ccccc3)cc(C(C)(C)c3ccccc3)c1)CN2c1cc(B(c2ccccc2)c2ccc3c4ccccc4n(-c4ccccn4)c3c2)cc(-c2ccccc2)c1. The number of benzene rings is 9. The molecule has 0 amide bonds. The summed E-state index contributed by atoms with van der Waals surface area (Å²) < 4.78 is 2.32. The quantitative estimate of drug-likeness (QED) is 0.121. The Hall–Kier alpha value is -8.41. The molecule has 0 radical (unpaired) electrons. The number of anilines is 4. The number of rotatable bonds is 11. The molecule has 73 heavy (non-hydrogen) atoms. The van der Waals surface area contributed by atoms with Gasteiger partial charge in [0.15, 0.2) is 0 Å². The van der Waals surface area contributed by atoms with Crippen molar-refractivity contribution in [2.75, 3.05) is 16.5 Å². The molecule has 354 valence electrons. The second kappa shape index (κ2) is 18.3. The van der Waals surface area contributed by atoms with Gasteiger partial charge in [0.1, 0.15) is 12.5 Å². The minimum atomic E-state index is -0.259. The molecule has 1 aliphatic rings. The molecule has 11 aromatic rings. The van der Waals surface area contributed by atoms with E-state index in [4.69, 9.17) is 4.98 Å². The molecule has 0 atom stereocenters. The first kappa shape index (κ1) is 45.7. The molecule has 0 unspecified atom stereocenters. The number of hydrogen-bond acceptors (Lipinski definition) is 3. The molecule has 0 aliphatic carbocycles. The van der Waals surface area contributed by atoms with Gasteiger partial charge in [-0.1, -0.05) is 214 Å². The maximum atomic E-state index is 4.89. The van der Waals surface area contributed by atoms with E-state index in [0.717, 1.165) is 22.5 Å². The Bertz CT molecular complexity index is 3720. The molecule has 0 N–H and O–H groups in total. The fourth-order valence-electron chi connectivity index (χ4n) is 11.4. The summed E-state index contributed by atoms with van der Waals surface area (Å²) in [6.45, 7) is 14.5. The molecule has 0 spiro atoms. The molecule has 2 aromatic heterocycles. The summed E-state index contributed by atoms with van der Waals surface area (Å²) >= 11 is 0. The zero-order valence-corrected chi connectivity index (χ0v) is 42.6. The number of pyridine rings is 1. The van der Waals surface area contributed by atoms with E-state index in [1.54, 1.807) is 0 Å². The third-order valence-electron chi connectivity index (χ3n) is 15.9. The minimum absolute atomic E-state index is 0.0826. The van der Waals surface area contributed by atoms with E-state index in [9.17, 15) is 0 Å². The van der Waals surface area contributed by atoms with E-state index < -0.39 is 0 Å². The molecule has 0 bridgehead atoms. The van der Waals surface area contributed by atoms with Gasteiger partial charge in [0, 0.05) is 39.2 Å². The molecule has 5 heteroatoms. The molecule has 9 aromatic carbocycles. The highest BCUT2D eigenvalue weighted by Crippen LogP contribution is 2.48. The van der Waals surface area contributed by atoms with Gasteiger partial charge in [0.2, 0.25) is 6.71 Å². The van der Waals surface area contributed by atoms with Gasteiger partial charge >= 0.3 is 0 Å². The third-order valence-corrected chi connectivity index (χ3v) is 15.9. The normalized spacial score (nSPS) is 12.7. The van der Waals surface area contributed by atoms with Gasteiger partial charge in [-0.05, 0) is 119 Å². The van der Waals surface area contributed by atoms with Crippen molar-refractivity contribution in [3.05, 3.63) is 270 Å². The molecule has 0 saturated carbocycles. The maximum Gasteiger partial charge on any atom is 0.241 e. The van der Waals surface area contributed by atoms with Crippen molar-refractivity contribution in [2.45, 2.75) is 52.4 Å². The van der Waals surface area contributed by atoms with Crippen LogP contribution in [0, 0.1) is 13.8 Å². The summed E-state index contributed by atoms with van der Waals surface area (Å²) in [7, 11) is 0. The van der Waals surface area contributed by atoms with Gasteiger partial charge in [0.25, 0.3) is 0 Å². The number of para-hydroxylation sites is 1. The standard InChI is InChI=1S/C68H59BN4/c1-47-37-64-65(38-48(47)2)72(59-42-53(67(3,4)51-25-13-8-14-26-51)41-54(43-59)68(5,6)52-27-15-9-16-28-52)46-71(64)58-40-50(49-23-11-7-12-24-49)39-57(44-58)69(55-29-17-10-18-30-55)56-34-35-61-60-31-19-20-32-62(60)73(63(61)45-56)66-33-21-22-36-70-66/h7-45H,46H2,1-6H3. The van der Waals surface area contributed by atoms with E-state index in [1.807, 2.05) is 12.3 Å². The lowest BCUT2D eigenvalue weighted by Gasteiger charge is -2.33. The smallest absolute Gasteiger partial charge is 0.241 e. The van der Waals surface area contributed by atoms with Gasteiger partial charge in [0.05, 0.1) is 22.4 Å². The van der Waals surface area contributed by atoms with E-state index in [1.165, 1.54) is 88.7 Å². The second-order valence-electron chi connectivity index (χ2n) is 21.0. The molecular formula is C68H59BN4. The van der Waals surface area contributed by atoms with Crippen molar-refractivity contribution in [1.29, 1.82) is 0 Å². The van der Waals surface area contributed by atoms with Crippen molar-refractivity contribution in [3.63, 3.8) is 0 Å². The van der Waals surface area contributed by atoms with Crippen molar-refractivity contribution in [1.82, 2.24) is 9.55 Å². The minimum Gasteiger partial charge on any atom is -0.321 e. The Morgan fingerprint density at radius 2 is 0.932 bits per heavy atom.